The van der Waals surface area contributed by atoms with Crippen LogP contribution >= 0.6 is 0 Å². The molecule has 5 nitrogen and oxygen atoms in total. The Balaban J connectivity index is 1.92. The van der Waals surface area contributed by atoms with Crippen LogP contribution in [-0.4, -0.2) is 55.6 Å². The van der Waals surface area contributed by atoms with Gasteiger partial charge in [0.1, 0.15) is 0 Å². The molecule has 2 aliphatic heterocycles. The lowest BCUT2D eigenvalue weighted by atomic mass is 9.95. The summed E-state index contributed by atoms with van der Waals surface area (Å²) in [6.07, 6.45) is -4.41. The number of nitrogens with zero attached hydrogens (tertiary/aromatic N) is 2. The number of rotatable bonds is 3. The second-order valence-electron chi connectivity index (χ2n) is 6.36. The molecule has 3 rings (SSSR count). The van der Waals surface area contributed by atoms with Gasteiger partial charge in [-0.3, -0.25) is 4.90 Å². The Morgan fingerprint density at radius 1 is 1.21 bits per heavy atom. The number of hydrogen-bond donors (Lipinski definition) is 2. The van der Waals surface area contributed by atoms with E-state index in [1.165, 1.54) is 6.07 Å². The van der Waals surface area contributed by atoms with Gasteiger partial charge in [-0.15, -0.1) is 0 Å². The predicted octanol–water partition coefficient (Wildman–Crippen LogP) is 1.81. The number of piperazine rings is 1. The highest BCUT2D eigenvalue weighted by Crippen LogP contribution is 2.36. The molecule has 2 saturated heterocycles. The highest BCUT2D eigenvalue weighted by atomic mass is 19.4. The first-order valence-corrected chi connectivity index (χ1v) is 7.99. The van der Waals surface area contributed by atoms with Crippen LogP contribution in [0.1, 0.15) is 22.7 Å². The number of hydrogen-bond acceptors (Lipinski definition) is 3. The van der Waals surface area contributed by atoms with Crippen molar-refractivity contribution in [1.29, 1.82) is 0 Å². The highest BCUT2D eigenvalue weighted by Gasteiger charge is 2.36. The van der Waals surface area contributed by atoms with E-state index >= 15 is 0 Å². The number of likely N-dealkylation sites (N-methyl/N-ethyl adjacent to an activating group) is 1. The molecule has 0 saturated carbocycles. The van der Waals surface area contributed by atoms with E-state index in [1.54, 1.807) is 6.07 Å². The molecule has 2 fully saturated rings. The van der Waals surface area contributed by atoms with Crippen molar-refractivity contribution in [2.45, 2.75) is 18.8 Å². The minimum absolute atomic E-state index is 0.241. The highest BCUT2D eigenvalue weighted by molar-refractivity contribution is 5.77. The van der Waals surface area contributed by atoms with Crippen LogP contribution in [-0.2, 0) is 12.7 Å². The van der Waals surface area contributed by atoms with Gasteiger partial charge >= 0.3 is 12.2 Å². The lowest BCUT2D eigenvalue weighted by Gasteiger charge is -2.33. The smallest absolute Gasteiger partial charge is 0.336 e. The van der Waals surface area contributed by atoms with Gasteiger partial charge in [0.2, 0.25) is 0 Å². The number of urea groups is 1. The maximum Gasteiger partial charge on any atom is 0.416 e. The summed E-state index contributed by atoms with van der Waals surface area (Å²) < 4.78 is 40.4. The molecule has 0 aliphatic carbocycles. The van der Waals surface area contributed by atoms with E-state index in [2.05, 4.69) is 15.5 Å². The third-order valence-electron chi connectivity index (χ3n) is 4.64. The molecule has 1 unspecified atom stereocenters. The first kappa shape index (κ1) is 17.0. The molecule has 0 bridgehead atoms. The summed E-state index contributed by atoms with van der Waals surface area (Å²) >= 11 is 0. The summed E-state index contributed by atoms with van der Waals surface area (Å²) in [5.74, 6) is 0. The molecule has 2 amide bonds. The van der Waals surface area contributed by atoms with Gasteiger partial charge in [-0.05, 0) is 24.2 Å². The Bertz CT molecular complexity index is 612. The average Bonchev–Trinajstić information content (AvgIpc) is 2.95. The van der Waals surface area contributed by atoms with Crippen LogP contribution in [0.5, 0.6) is 0 Å². The van der Waals surface area contributed by atoms with Crippen LogP contribution in [0.25, 0.3) is 0 Å². The number of carbonyl (C=O) groups is 1. The zero-order valence-electron chi connectivity index (χ0n) is 13.5. The molecular formula is C16H21F3N4O. The summed E-state index contributed by atoms with van der Waals surface area (Å²) in [5.41, 5.74) is 0.200. The van der Waals surface area contributed by atoms with Crippen molar-refractivity contribution < 1.29 is 18.0 Å². The van der Waals surface area contributed by atoms with Crippen LogP contribution in [0.2, 0.25) is 0 Å². The van der Waals surface area contributed by atoms with Crippen LogP contribution in [0.3, 0.4) is 0 Å². The number of benzene rings is 1. The zero-order valence-corrected chi connectivity index (χ0v) is 13.5. The fourth-order valence-electron chi connectivity index (χ4n) is 3.25. The molecule has 2 N–H and O–H groups in total. The molecule has 1 atom stereocenters. The molecule has 2 aliphatic rings. The summed E-state index contributed by atoms with van der Waals surface area (Å²) in [6.45, 7) is 3.69. The van der Waals surface area contributed by atoms with Crippen molar-refractivity contribution in [2.24, 2.45) is 0 Å². The minimum atomic E-state index is -4.41. The predicted molar refractivity (Wildman–Crippen MR) is 83.5 cm³/mol. The van der Waals surface area contributed by atoms with E-state index < -0.39 is 17.8 Å². The van der Waals surface area contributed by atoms with Crippen molar-refractivity contribution in [3.8, 4) is 0 Å². The Kier molecular flexibility index (Phi) is 4.69. The van der Waals surface area contributed by atoms with E-state index in [9.17, 15) is 18.0 Å². The van der Waals surface area contributed by atoms with Crippen LogP contribution < -0.4 is 10.6 Å². The molecule has 1 aromatic carbocycles. The van der Waals surface area contributed by atoms with Crippen LogP contribution in [0.4, 0.5) is 18.0 Å². The first-order valence-electron chi connectivity index (χ1n) is 7.99. The molecular weight excluding hydrogens is 321 g/mol. The van der Waals surface area contributed by atoms with Crippen molar-refractivity contribution in [3.05, 3.63) is 34.9 Å². The minimum Gasteiger partial charge on any atom is -0.336 e. The average molecular weight is 342 g/mol. The lowest BCUT2D eigenvalue weighted by Crippen LogP contribution is -2.44. The topological polar surface area (TPSA) is 47.6 Å². The first-order chi connectivity index (χ1) is 11.3. The number of halogens is 3. The molecule has 1 aromatic rings. The van der Waals surface area contributed by atoms with Gasteiger partial charge in [-0.2, -0.15) is 13.2 Å². The Morgan fingerprint density at radius 3 is 2.50 bits per heavy atom. The number of carbonyl (C=O) groups excluding carboxylic acids is 1. The SMILES string of the molecule is CN1CCN(Cc2c(C3CNC(=O)N3)cccc2C(F)(F)F)CC1. The normalized spacial score (nSPS) is 23.2. The Labute approximate surface area is 138 Å². The van der Waals surface area contributed by atoms with E-state index in [1.807, 2.05) is 11.9 Å². The van der Waals surface area contributed by atoms with E-state index in [0.717, 1.165) is 32.2 Å². The monoisotopic (exact) mass is 342 g/mol. The van der Waals surface area contributed by atoms with E-state index in [4.69, 9.17) is 0 Å². The standard InChI is InChI=1S/C16H21F3N4O/c1-22-5-7-23(8-6-22)10-12-11(14-9-20-15(24)21-14)3-2-4-13(12)16(17,18)19/h2-4,14H,5-10H2,1H3,(H2,20,21,24). The molecule has 0 radical (unpaired) electrons. The molecule has 132 valence electrons. The number of amides is 2. The van der Waals surface area contributed by atoms with Crippen LogP contribution in [0, 0.1) is 0 Å². The summed E-state index contributed by atoms with van der Waals surface area (Å²) in [7, 11) is 2.01. The number of alkyl halides is 3. The van der Waals surface area contributed by atoms with Crippen molar-refractivity contribution in [3.63, 3.8) is 0 Å². The third kappa shape index (κ3) is 3.64. The molecule has 0 aromatic heterocycles. The summed E-state index contributed by atoms with van der Waals surface area (Å²) in [4.78, 5) is 15.6. The second-order valence-corrected chi connectivity index (χ2v) is 6.36. The fraction of sp³-hybridized carbons (Fsp3) is 0.562. The zero-order chi connectivity index (χ0) is 17.3. The largest absolute Gasteiger partial charge is 0.416 e. The Morgan fingerprint density at radius 2 is 1.92 bits per heavy atom. The summed E-state index contributed by atoms with van der Waals surface area (Å²) in [6, 6.07) is 3.44. The van der Waals surface area contributed by atoms with Gasteiger partial charge in [0.25, 0.3) is 0 Å². The van der Waals surface area contributed by atoms with Gasteiger partial charge in [0, 0.05) is 39.3 Å². The van der Waals surface area contributed by atoms with Gasteiger partial charge in [0.05, 0.1) is 11.6 Å². The Hall–Kier alpha value is -1.80. The lowest BCUT2D eigenvalue weighted by molar-refractivity contribution is -0.138. The van der Waals surface area contributed by atoms with Crippen LogP contribution in [0.15, 0.2) is 18.2 Å². The molecule has 0 spiro atoms. The third-order valence-corrected chi connectivity index (χ3v) is 4.64. The maximum absolute atomic E-state index is 13.5. The van der Waals surface area contributed by atoms with E-state index in [-0.39, 0.29) is 18.1 Å². The van der Waals surface area contributed by atoms with E-state index in [0.29, 0.717) is 12.1 Å². The van der Waals surface area contributed by atoms with Crippen molar-refractivity contribution in [1.82, 2.24) is 20.4 Å². The van der Waals surface area contributed by atoms with Crippen molar-refractivity contribution >= 4 is 6.03 Å². The van der Waals surface area contributed by atoms with Gasteiger partial charge in [-0.25, -0.2) is 4.79 Å². The fourth-order valence-corrected chi connectivity index (χ4v) is 3.25. The maximum atomic E-state index is 13.5. The summed E-state index contributed by atoms with van der Waals surface area (Å²) in [5, 5.41) is 5.30. The quantitative estimate of drug-likeness (QED) is 0.881. The molecule has 2 heterocycles. The molecule has 24 heavy (non-hydrogen) atoms. The molecule has 8 heteroatoms. The number of nitrogens with one attached hydrogen (secondary N) is 2. The van der Waals surface area contributed by atoms with Gasteiger partial charge in [0.15, 0.2) is 0 Å². The van der Waals surface area contributed by atoms with Gasteiger partial charge < -0.3 is 15.5 Å². The second kappa shape index (κ2) is 6.60. The van der Waals surface area contributed by atoms with Gasteiger partial charge in [-0.1, -0.05) is 12.1 Å². The van der Waals surface area contributed by atoms with Crippen molar-refractivity contribution in [2.75, 3.05) is 39.8 Å².